The molecule has 110 valence electrons. The zero-order valence-electron chi connectivity index (χ0n) is 13.1. The predicted molar refractivity (Wildman–Crippen MR) is 88.5 cm³/mol. The number of aryl methyl sites for hydroxylation is 3. The van der Waals surface area contributed by atoms with Crippen LogP contribution in [0.2, 0.25) is 0 Å². The average Bonchev–Trinajstić information content (AvgIpc) is 2.51. The number of fused-ring (bicyclic) bond motifs is 1. The van der Waals surface area contributed by atoms with E-state index in [0.717, 1.165) is 18.7 Å². The summed E-state index contributed by atoms with van der Waals surface area (Å²) in [5.74, 6) is 0.976. The molecule has 2 aromatic rings. The zero-order valence-corrected chi connectivity index (χ0v) is 13.1. The molecule has 0 atom stereocenters. The third-order valence-electron chi connectivity index (χ3n) is 4.40. The molecule has 1 N–H and O–H groups in total. The number of methoxy groups -OCH3 is 1. The molecule has 1 heterocycles. The van der Waals surface area contributed by atoms with E-state index >= 15 is 0 Å². The van der Waals surface area contributed by atoms with Gasteiger partial charge in [-0.1, -0.05) is 24.3 Å². The van der Waals surface area contributed by atoms with Crippen molar-refractivity contribution in [2.75, 3.05) is 19.0 Å². The molecule has 0 aromatic heterocycles. The van der Waals surface area contributed by atoms with E-state index in [1.54, 1.807) is 7.11 Å². The molecular weight excluding hydrogens is 258 g/mol. The van der Waals surface area contributed by atoms with E-state index in [1.807, 2.05) is 0 Å². The number of anilines is 1. The molecular formula is C19H23NO. The lowest BCUT2D eigenvalue weighted by atomic mass is 9.93. The molecule has 0 saturated heterocycles. The van der Waals surface area contributed by atoms with Crippen LogP contribution in [-0.4, -0.2) is 13.7 Å². The van der Waals surface area contributed by atoms with Gasteiger partial charge in [0.05, 0.1) is 7.11 Å². The molecule has 2 aromatic carbocycles. The van der Waals surface area contributed by atoms with Crippen LogP contribution in [0.5, 0.6) is 5.75 Å². The van der Waals surface area contributed by atoms with Crippen LogP contribution >= 0.6 is 0 Å². The van der Waals surface area contributed by atoms with E-state index in [2.05, 4.69) is 49.5 Å². The fourth-order valence-electron chi connectivity index (χ4n) is 3.19. The molecule has 0 unspecified atom stereocenters. The summed E-state index contributed by atoms with van der Waals surface area (Å²) in [5, 5.41) is 3.58. The highest BCUT2D eigenvalue weighted by molar-refractivity contribution is 5.60. The number of benzene rings is 2. The Labute approximate surface area is 127 Å². The topological polar surface area (TPSA) is 21.3 Å². The third kappa shape index (κ3) is 2.76. The molecule has 21 heavy (non-hydrogen) atoms. The first kappa shape index (κ1) is 14.0. The van der Waals surface area contributed by atoms with Gasteiger partial charge in [0.2, 0.25) is 0 Å². The summed E-state index contributed by atoms with van der Waals surface area (Å²) >= 11 is 0. The van der Waals surface area contributed by atoms with Crippen LogP contribution in [0.4, 0.5) is 5.69 Å². The SMILES string of the molecule is COc1cc(C)c(Cc2cccc3c2NCCC3)cc1C. The molecule has 0 spiro atoms. The molecule has 2 nitrogen and oxygen atoms in total. The van der Waals surface area contributed by atoms with Gasteiger partial charge < -0.3 is 10.1 Å². The van der Waals surface area contributed by atoms with Crippen LogP contribution in [0.15, 0.2) is 30.3 Å². The maximum Gasteiger partial charge on any atom is 0.122 e. The Hall–Kier alpha value is -1.96. The maximum atomic E-state index is 5.41. The van der Waals surface area contributed by atoms with Gasteiger partial charge >= 0.3 is 0 Å². The Balaban J connectivity index is 1.96. The Morgan fingerprint density at radius 2 is 1.95 bits per heavy atom. The van der Waals surface area contributed by atoms with Gasteiger partial charge in [-0.3, -0.25) is 0 Å². The molecule has 3 rings (SSSR count). The second kappa shape index (κ2) is 5.80. The van der Waals surface area contributed by atoms with E-state index in [0.29, 0.717) is 0 Å². The summed E-state index contributed by atoms with van der Waals surface area (Å²) < 4.78 is 5.41. The maximum absolute atomic E-state index is 5.41. The smallest absolute Gasteiger partial charge is 0.122 e. The summed E-state index contributed by atoms with van der Waals surface area (Å²) in [6.45, 7) is 5.37. The number of nitrogens with one attached hydrogen (secondary N) is 1. The van der Waals surface area contributed by atoms with Gasteiger partial charge in [0.25, 0.3) is 0 Å². The summed E-state index contributed by atoms with van der Waals surface area (Å²) in [6.07, 6.45) is 3.40. The Kier molecular flexibility index (Phi) is 3.87. The second-order valence-corrected chi connectivity index (χ2v) is 5.91. The van der Waals surface area contributed by atoms with Crippen molar-refractivity contribution in [3.8, 4) is 5.75 Å². The first-order chi connectivity index (χ1) is 10.2. The molecule has 0 saturated carbocycles. The standard InChI is InChI=1S/C19H23NO/c1-13-11-18(21-3)14(2)10-17(13)12-16-7-4-6-15-8-5-9-20-19(15)16/h4,6-7,10-11,20H,5,8-9,12H2,1-3H3. The van der Waals surface area contributed by atoms with E-state index < -0.39 is 0 Å². The van der Waals surface area contributed by atoms with Crippen molar-refractivity contribution in [3.05, 3.63) is 58.1 Å². The monoisotopic (exact) mass is 281 g/mol. The van der Waals surface area contributed by atoms with Crippen molar-refractivity contribution in [1.29, 1.82) is 0 Å². The largest absolute Gasteiger partial charge is 0.496 e. The summed E-state index contributed by atoms with van der Waals surface area (Å²) in [7, 11) is 1.74. The van der Waals surface area contributed by atoms with Gasteiger partial charge in [-0.25, -0.2) is 0 Å². The molecule has 1 aliphatic rings. The van der Waals surface area contributed by atoms with Crippen LogP contribution < -0.4 is 10.1 Å². The molecule has 0 aliphatic carbocycles. The second-order valence-electron chi connectivity index (χ2n) is 5.91. The van der Waals surface area contributed by atoms with Crippen molar-refractivity contribution in [2.45, 2.75) is 33.1 Å². The third-order valence-corrected chi connectivity index (χ3v) is 4.40. The van der Waals surface area contributed by atoms with Crippen LogP contribution in [0.25, 0.3) is 0 Å². The Morgan fingerprint density at radius 3 is 2.76 bits per heavy atom. The molecule has 0 amide bonds. The zero-order chi connectivity index (χ0) is 14.8. The molecule has 1 aliphatic heterocycles. The normalized spacial score (nSPS) is 13.5. The van der Waals surface area contributed by atoms with Gasteiger partial charge in [0, 0.05) is 12.2 Å². The summed E-state index contributed by atoms with van der Waals surface area (Å²) in [6, 6.07) is 11.1. The van der Waals surface area contributed by atoms with E-state index in [9.17, 15) is 0 Å². The van der Waals surface area contributed by atoms with Crippen LogP contribution in [0.1, 0.15) is 34.2 Å². The van der Waals surface area contributed by atoms with E-state index in [-0.39, 0.29) is 0 Å². The first-order valence-electron chi connectivity index (χ1n) is 7.68. The van der Waals surface area contributed by atoms with Crippen LogP contribution in [-0.2, 0) is 12.8 Å². The van der Waals surface area contributed by atoms with E-state index in [4.69, 9.17) is 4.74 Å². The number of rotatable bonds is 3. The van der Waals surface area contributed by atoms with Crippen LogP contribution in [0.3, 0.4) is 0 Å². The average molecular weight is 281 g/mol. The Morgan fingerprint density at radius 1 is 1.10 bits per heavy atom. The van der Waals surface area contributed by atoms with Gasteiger partial charge in [0.1, 0.15) is 5.75 Å². The Bertz CT molecular complexity index is 661. The van der Waals surface area contributed by atoms with Crippen molar-refractivity contribution in [3.63, 3.8) is 0 Å². The van der Waals surface area contributed by atoms with E-state index in [1.165, 1.54) is 46.3 Å². The minimum absolute atomic E-state index is 0.976. The minimum atomic E-state index is 0.976. The number of ether oxygens (including phenoxy) is 1. The number of para-hydroxylation sites is 1. The highest BCUT2D eigenvalue weighted by atomic mass is 16.5. The summed E-state index contributed by atoms with van der Waals surface area (Å²) in [5.41, 5.74) is 8.11. The predicted octanol–water partition coefficient (Wildman–Crippen LogP) is 4.26. The minimum Gasteiger partial charge on any atom is -0.496 e. The molecule has 2 heteroatoms. The first-order valence-corrected chi connectivity index (χ1v) is 7.68. The van der Waals surface area contributed by atoms with Crippen LogP contribution in [0, 0.1) is 13.8 Å². The van der Waals surface area contributed by atoms with Crippen molar-refractivity contribution >= 4 is 5.69 Å². The van der Waals surface area contributed by atoms with Crippen molar-refractivity contribution < 1.29 is 4.74 Å². The van der Waals surface area contributed by atoms with Gasteiger partial charge in [-0.05, 0) is 67.0 Å². The lowest BCUT2D eigenvalue weighted by molar-refractivity contribution is 0.411. The van der Waals surface area contributed by atoms with Crippen molar-refractivity contribution in [1.82, 2.24) is 0 Å². The summed E-state index contributed by atoms with van der Waals surface area (Å²) in [4.78, 5) is 0. The lowest BCUT2D eigenvalue weighted by Crippen LogP contribution is -2.14. The van der Waals surface area contributed by atoms with Crippen molar-refractivity contribution in [2.24, 2.45) is 0 Å². The lowest BCUT2D eigenvalue weighted by Gasteiger charge is -2.22. The fourth-order valence-corrected chi connectivity index (χ4v) is 3.19. The fraction of sp³-hybridized carbons (Fsp3) is 0.368. The molecule has 0 bridgehead atoms. The highest BCUT2D eigenvalue weighted by Crippen LogP contribution is 2.30. The molecule has 0 radical (unpaired) electrons. The quantitative estimate of drug-likeness (QED) is 0.907. The van der Waals surface area contributed by atoms with Gasteiger partial charge in [-0.2, -0.15) is 0 Å². The molecule has 0 fully saturated rings. The van der Waals surface area contributed by atoms with Gasteiger partial charge in [0.15, 0.2) is 0 Å². The van der Waals surface area contributed by atoms with Gasteiger partial charge in [-0.15, -0.1) is 0 Å². The highest BCUT2D eigenvalue weighted by Gasteiger charge is 2.14. The number of hydrogen-bond acceptors (Lipinski definition) is 2. The number of hydrogen-bond donors (Lipinski definition) is 1.